The number of likely N-dealkylation sites (tertiary alicyclic amines) is 1. The van der Waals surface area contributed by atoms with Gasteiger partial charge in [0.1, 0.15) is 17.1 Å². The van der Waals surface area contributed by atoms with E-state index in [-0.39, 0.29) is 12.0 Å². The van der Waals surface area contributed by atoms with Crippen LogP contribution >= 0.6 is 11.7 Å². The second-order valence-corrected chi connectivity index (χ2v) is 5.61. The van der Waals surface area contributed by atoms with Crippen molar-refractivity contribution < 1.29 is 9.53 Å². The number of ether oxygens (including phenoxy) is 1. The van der Waals surface area contributed by atoms with Gasteiger partial charge >= 0.3 is 0 Å². The highest BCUT2D eigenvalue weighted by Gasteiger charge is 2.33. The van der Waals surface area contributed by atoms with Crippen LogP contribution in [0.2, 0.25) is 0 Å². The number of amides is 1. The third kappa shape index (κ3) is 2.39. The van der Waals surface area contributed by atoms with Gasteiger partial charge in [-0.15, -0.1) is 0 Å². The lowest BCUT2D eigenvalue weighted by Crippen LogP contribution is -2.56. The van der Waals surface area contributed by atoms with Gasteiger partial charge in [-0.3, -0.25) is 4.79 Å². The van der Waals surface area contributed by atoms with Crippen LogP contribution in [0.25, 0.3) is 11.0 Å². The summed E-state index contributed by atoms with van der Waals surface area (Å²) in [7, 11) is 0. The van der Waals surface area contributed by atoms with Crippen LogP contribution in [-0.2, 0) is 0 Å². The van der Waals surface area contributed by atoms with Gasteiger partial charge in [-0.2, -0.15) is 8.75 Å². The van der Waals surface area contributed by atoms with Crippen LogP contribution in [-0.4, -0.2) is 43.7 Å². The normalized spacial score (nSPS) is 14.8. The number of pyridine rings is 1. The van der Waals surface area contributed by atoms with Gasteiger partial charge in [0.25, 0.3) is 5.91 Å². The van der Waals surface area contributed by atoms with Crippen LogP contribution in [0.15, 0.2) is 42.6 Å². The summed E-state index contributed by atoms with van der Waals surface area (Å²) in [5, 5.41) is 0. The van der Waals surface area contributed by atoms with E-state index in [1.807, 2.05) is 24.3 Å². The first-order valence-electron chi connectivity index (χ1n) is 6.89. The molecule has 2 aromatic heterocycles. The molecule has 0 atom stereocenters. The summed E-state index contributed by atoms with van der Waals surface area (Å²) >= 11 is 1.15. The second kappa shape index (κ2) is 5.34. The quantitative estimate of drug-likeness (QED) is 0.740. The predicted molar refractivity (Wildman–Crippen MR) is 82.0 cm³/mol. The van der Waals surface area contributed by atoms with Crippen LogP contribution < -0.4 is 4.74 Å². The Labute approximate surface area is 130 Å². The molecular weight excluding hydrogens is 300 g/mol. The molecule has 3 heterocycles. The summed E-state index contributed by atoms with van der Waals surface area (Å²) in [4.78, 5) is 18.3. The van der Waals surface area contributed by atoms with E-state index in [0.29, 0.717) is 24.5 Å². The molecule has 4 rings (SSSR count). The minimum Gasteiger partial charge on any atom is -0.471 e. The molecular formula is C15H12N4O2S. The molecule has 22 heavy (non-hydrogen) atoms. The topological polar surface area (TPSA) is 68.2 Å². The maximum Gasteiger partial charge on any atom is 0.254 e. The third-order valence-electron chi connectivity index (χ3n) is 3.56. The Morgan fingerprint density at radius 1 is 1.18 bits per heavy atom. The van der Waals surface area contributed by atoms with Gasteiger partial charge < -0.3 is 9.64 Å². The van der Waals surface area contributed by atoms with E-state index in [4.69, 9.17) is 4.74 Å². The number of fused-ring (bicyclic) bond motifs is 1. The number of hydrogen-bond donors (Lipinski definition) is 0. The van der Waals surface area contributed by atoms with Gasteiger partial charge in [0.15, 0.2) is 0 Å². The highest BCUT2D eigenvalue weighted by atomic mass is 32.1. The fourth-order valence-electron chi connectivity index (χ4n) is 2.36. The minimum atomic E-state index is -0.00392. The molecule has 6 nitrogen and oxygen atoms in total. The van der Waals surface area contributed by atoms with E-state index in [9.17, 15) is 4.79 Å². The first kappa shape index (κ1) is 13.1. The lowest BCUT2D eigenvalue weighted by Gasteiger charge is -2.38. The fraction of sp³-hybridized carbons (Fsp3) is 0.200. The average Bonchev–Trinajstić information content (AvgIpc) is 2.98. The van der Waals surface area contributed by atoms with Gasteiger partial charge in [-0.25, -0.2) is 4.98 Å². The molecule has 3 aromatic rings. The summed E-state index contributed by atoms with van der Waals surface area (Å²) < 4.78 is 14.0. The number of benzene rings is 1. The lowest BCUT2D eigenvalue weighted by molar-refractivity contribution is 0.0160. The zero-order valence-corrected chi connectivity index (χ0v) is 12.4. The molecule has 1 aliphatic heterocycles. The van der Waals surface area contributed by atoms with E-state index in [2.05, 4.69) is 13.7 Å². The van der Waals surface area contributed by atoms with Gasteiger partial charge in [-0.05, 0) is 24.3 Å². The summed E-state index contributed by atoms with van der Waals surface area (Å²) in [6.07, 6.45) is 1.69. The van der Waals surface area contributed by atoms with E-state index in [1.165, 1.54) is 0 Å². The van der Waals surface area contributed by atoms with E-state index >= 15 is 0 Å². The summed E-state index contributed by atoms with van der Waals surface area (Å²) in [5.74, 6) is 0.588. The molecule has 0 radical (unpaired) electrons. The molecule has 1 amide bonds. The van der Waals surface area contributed by atoms with Gasteiger partial charge in [0.05, 0.1) is 24.8 Å². The fourth-order valence-corrected chi connectivity index (χ4v) is 2.88. The molecule has 1 saturated heterocycles. The Morgan fingerprint density at radius 2 is 2.05 bits per heavy atom. The van der Waals surface area contributed by atoms with Crippen molar-refractivity contribution in [2.24, 2.45) is 0 Å². The highest BCUT2D eigenvalue weighted by Crippen LogP contribution is 2.20. The number of carbonyl (C=O) groups is 1. The smallest absolute Gasteiger partial charge is 0.254 e. The van der Waals surface area contributed by atoms with Crippen molar-refractivity contribution >= 4 is 28.7 Å². The first-order valence-corrected chi connectivity index (χ1v) is 7.62. The van der Waals surface area contributed by atoms with Crippen molar-refractivity contribution in [3.63, 3.8) is 0 Å². The second-order valence-electron chi connectivity index (χ2n) is 5.09. The van der Waals surface area contributed by atoms with Crippen LogP contribution in [0.4, 0.5) is 0 Å². The summed E-state index contributed by atoms with van der Waals surface area (Å²) in [5.41, 5.74) is 2.22. The Kier molecular flexibility index (Phi) is 3.19. The minimum absolute atomic E-state index is 0.00326. The number of carbonyl (C=O) groups excluding carboxylic acids is 1. The number of nitrogens with zero attached hydrogens (tertiary/aromatic N) is 4. The van der Waals surface area contributed by atoms with Crippen LogP contribution in [0.1, 0.15) is 10.4 Å². The number of rotatable bonds is 3. The Hall–Kier alpha value is -2.54. The molecule has 0 N–H and O–H groups in total. The van der Waals surface area contributed by atoms with E-state index < -0.39 is 0 Å². The molecule has 1 aromatic carbocycles. The van der Waals surface area contributed by atoms with Crippen molar-refractivity contribution in [3.8, 4) is 5.88 Å². The molecule has 0 unspecified atom stereocenters. The molecule has 1 fully saturated rings. The zero-order valence-electron chi connectivity index (χ0n) is 11.5. The van der Waals surface area contributed by atoms with Crippen molar-refractivity contribution in [1.82, 2.24) is 18.6 Å². The molecule has 0 saturated carbocycles. The van der Waals surface area contributed by atoms with Gasteiger partial charge in [-0.1, -0.05) is 6.07 Å². The Bertz CT molecular complexity index is 815. The molecule has 0 spiro atoms. The van der Waals surface area contributed by atoms with Gasteiger partial charge in [0.2, 0.25) is 5.88 Å². The predicted octanol–water partition coefficient (Wildman–Crippen LogP) is 1.99. The van der Waals surface area contributed by atoms with Crippen LogP contribution in [0, 0.1) is 0 Å². The monoisotopic (exact) mass is 312 g/mol. The molecule has 0 aliphatic carbocycles. The Balaban J connectivity index is 1.40. The molecule has 1 aliphatic rings. The maximum atomic E-state index is 12.4. The lowest BCUT2D eigenvalue weighted by atomic mass is 10.1. The van der Waals surface area contributed by atoms with Gasteiger partial charge in [0, 0.05) is 17.8 Å². The van der Waals surface area contributed by atoms with E-state index in [0.717, 1.165) is 22.8 Å². The zero-order chi connectivity index (χ0) is 14.9. The summed E-state index contributed by atoms with van der Waals surface area (Å²) in [6.45, 7) is 1.14. The third-order valence-corrected chi connectivity index (χ3v) is 4.12. The van der Waals surface area contributed by atoms with Crippen molar-refractivity contribution in [2.75, 3.05) is 13.1 Å². The van der Waals surface area contributed by atoms with Crippen molar-refractivity contribution in [2.45, 2.75) is 6.10 Å². The van der Waals surface area contributed by atoms with E-state index in [1.54, 1.807) is 23.2 Å². The molecule has 7 heteroatoms. The standard InChI is InChI=1S/C15H12N4O2S/c20-15(10-4-5-12-13(7-10)18-22-17-12)19-8-11(9-19)21-14-3-1-2-6-16-14/h1-7,11H,8-9H2. The maximum absolute atomic E-state index is 12.4. The van der Waals surface area contributed by atoms with Crippen LogP contribution in [0.3, 0.4) is 0 Å². The largest absolute Gasteiger partial charge is 0.471 e. The molecule has 110 valence electrons. The van der Waals surface area contributed by atoms with Crippen molar-refractivity contribution in [3.05, 3.63) is 48.2 Å². The first-order chi connectivity index (χ1) is 10.8. The van der Waals surface area contributed by atoms with Crippen LogP contribution in [0.5, 0.6) is 5.88 Å². The highest BCUT2D eigenvalue weighted by molar-refractivity contribution is 7.00. The Morgan fingerprint density at radius 3 is 2.86 bits per heavy atom. The number of aromatic nitrogens is 3. The molecule has 0 bridgehead atoms. The average molecular weight is 312 g/mol. The SMILES string of the molecule is O=C(c1ccc2nsnc2c1)N1CC(Oc2ccccn2)C1. The summed E-state index contributed by atoms with van der Waals surface area (Å²) in [6, 6.07) is 10.9. The van der Waals surface area contributed by atoms with Crippen molar-refractivity contribution in [1.29, 1.82) is 0 Å². The number of hydrogen-bond acceptors (Lipinski definition) is 6.